The van der Waals surface area contributed by atoms with Crippen LogP contribution in [0.25, 0.3) is 11.0 Å². The van der Waals surface area contributed by atoms with Crippen LogP contribution < -0.4 is 5.69 Å². The zero-order valence-corrected chi connectivity index (χ0v) is 20.9. The summed E-state index contributed by atoms with van der Waals surface area (Å²) in [5, 5.41) is 0.434. The fraction of sp³-hybridized carbons (Fsp3) is 0.480. The third kappa shape index (κ3) is 5.27. The molecule has 0 amide bonds. The van der Waals surface area contributed by atoms with Crippen molar-refractivity contribution in [2.45, 2.75) is 32.0 Å². The molecule has 10 heteroatoms. The average Bonchev–Trinajstić information content (AvgIpc) is 3.11. The molecule has 2 aromatic carbocycles. The molecule has 3 aromatic rings. The first-order valence-corrected chi connectivity index (χ1v) is 12.7. The Balaban J connectivity index is 1.36. The maximum atomic E-state index is 14.4. The molecule has 0 radical (unpaired) electrons. The molecule has 0 N–H and O–H groups in total. The van der Waals surface area contributed by atoms with E-state index < -0.39 is 5.82 Å². The Morgan fingerprint density at radius 2 is 1.63 bits per heavy atom. The Kier molecular flexibility index (Phi) is 7.46. The summed E-state index contributed by atoms with van der Waals surface area (Å²) >= 11 is 12.3. The van der Waals surface area contributed by atoms with E-state index in [9.17, 15) is 13.6 Å². The van der Waals surface area contributed by atoms with Gasteiger partial charge in [0.25, 0.3) is 0 Å². The van der Waals surface area contributed by atoms with E-state index in [2.05, 4.69) is 9.80 Å². The van der Waals surface area contributed by atoms with Gasteiger partial charge in [-0.05, 0) is 36.6 Å². The van der Waals surface area contributed by atoms with Gasteiger partial charge in [-0.3, -0.25) is 18.9 Å². The number of likely N-dealkylation sites (tertiary alicyclic amines) is 1. The van der Waals surface area contributed by atoms with Crippen LogP contribution in [0, 0.1) is 11.6 Å². The number of ether oxygens (including phenoxy) is 1. The minimum Gasteiger partial charge on any atom is -0.379 e. The first-order valence-electron chi connectivity index (χ1n) is 12.0. The molecule has 1 aromatic heterocycles. The van der Waals surface area contributed by atoms with Gasteiger partial charge in [-0.2, -0.15) is 0 Å². The molecule has 2 aliphatic rings. The topological polar surface area (TPSA) is 42.6 Å². The van der Waals surface area contributed by atoms with Gasteiger partial charge in [0.2, 0.25) is 0 Å². The number of piperidine rings is 1. The van der Waals surface area contributed by atoms with Gasteiger partial charge in [0, 0.05) is 62.9 Å². The Hall–Kier alpha value is -1.97. The summed E-state index contributed by atoms with van der Waals surface area (Å²) in [5.41, 5.74) is 2.00. The van der Waals surface area contributed by atoms with Gasteiger partial charge in [0.05, 0.1) is 29.3 Å². The number of halogens is 4. The summed E-state index contributed by atoms with van der Waals surface area (Å²) in [4.78, 5) is 18.1. The Bertz CT molecular complexity index is 1260. The van der Waals surface area contributed by atoms with Crippen LogP contribution in [0.2, 0.25) is 10.0 Å². The van der Waals surface area contributed by atoms with Crippen LogP contribution in [-0.4, -0.2) is 64.9 Å². The van der Waals surface area contributed by atoms with Gasteiger partial charge in [0.15, 0.2) is 0 Å². The maximum Gasteiger partial charge on any atom is 0.329 e. The van der Waals surface area contributed by atoms with E-state index in [4.69, 9.17) is 27.9 Å². The van der Waals surface area contributed by atoms with Gasteiger partial charge in [-0.25, -0.2) is 13.6 Å². The maximum absolute atomic E-state index is 14.4. The third-order valence-electron chi connectivity index (χ3n) is 7.08. The second kappa shape index (κ2) is 10.6. The number of morpholine rings is 1. The van der Waals surface area contributed by atoms with Crippen molar-refractivity contribution < 1.29 is 13.5 Å². The fourth-order valence-corrected chi connectivity index (χ4v) is 5.52. The SMILES string of the molecule is O=c1n(CCN2CCOCC2)c2cc(F)c(Cl)cc2n1C1CCN(Cc2ccc(F)cc2Cl)CC1. The number of benzene rings is 2. The number of aromatic nitrogens is 2. The molecule has 0 saturated carbocycles. The van der Waals surface area contributed by atoms with Gasteiger partial charge in [0.1, 0.15) is 11.6 Å². The summed E-state index contributed by atoms with van der Waals surface area (Å²) in [6.07, 6.45) is 1.52. The summed E-state index contributed by atoms with van der Waals surface area (Å²) in [5.74, 6) is -0.876. The lowest BCUT2D eigenvalue weighted by atomic mass is 10.0. The summed E-state index contributed by atoms with van der Waals surface area (Å²) in [6.45, 7) is 6.34. The highest BCUT2D eigenvalue weighted by Gasteiger charge is 2.27. The van der Waals surface area contributed by atoms with E-state index in [1.807, 2.05) is 0 Å². The number of rotatable bonds is 6. The summed E-state index contributed by atoms with van der Waals surface area (Å²) in [7, 11) is 0. The van der Waals surface area contributed by atoms with Crippen molar-refractivity contribution in [2.24, 2.45) is 0 Å². The van der Waals surface area contributed by atoms with Crippen molar-refractivity contribution in [3.63, 3.8) is 0 Å². The van der Waals surface area contributed by atoms with E-state index in [-0.39, 0.29) is 22.6 Å². The number of hydrogen-bond donors (Lipinski definition) is 0. The van der Waals surface area contributed by atoms with Gasteiger partial charge in [-0.15, -0.1) is 0 Å². The van der Waals surface area contributed by atoms with Crippen molar-refractivity contribution in [3.8, 4) is 0 Å². The Morgan fingerprint density at radius 3 is 2.34 bits per heavy atom. The second-order valence-electron chi connectivity index (χ2n) is 9.26. The largest absolute Gasteiger partial charge is 0.379 e. The molecule has 2 fully saturated rings. The van der Waals surface area contributed by atoms with Gasteiger partial charge >= 0.3 is 5.69 Å². The summed E-state index contributed by atoms with van der Waals surface area (Å²) in [6, 6.07) is 7.40. The minimum absolute atomic E-state index is 0.0139. The zero-order valence-electron chi connectivity index (χ0n) is 19.4. The van der Waals surface area contributed by atoms with Crippen LogP contribution in [0.4, 0.5) is 8.78 Å². The standard InChI is InChI=1S/C25H28Cl2F2N4O2/c26-20-13-18(28)2-1-17(20)16-31-5-3-19(4-6-31)33-24-14-21(27)22(29)15-23(24)32(25(33)34)8-7-30-9-11-35-12-10-30/h1-2,13-15,19H,3-12,16H2. The highest BCUT2D eigenvalue weighted by Crippen LogP contribution is 2.30. The third-order valence-corrected chi connectivity index (χ3v) is 7.72. The molecule has 3 heterocycles. The fourth-order valence-electron chi connectivity index (χ4n) is 5.13. The van der Waals surface area contributed by atoms with E-state index >= 15 is 0 Å². The number of imidazole rings is 1. The van der Waals surface area contributed by atoms with Crippen molar-refractivity contribution >= 4 is 34.2 Å². The van der Waals surface area contributed by atoms with Crippen LogP contribution >= 0.6 is 23.2 Å². The zero-order chi connectivity index (χ0) is 24.5. The van der Waals surface area contributed by atoms with Crippen molar-refractivity contribution in [2.75, 3.05) is 45.9 Å². The lowest BCUT2D eigenvalue weighted by Gasteiger charge is -2.32. The van der Waals surface area contributed by atoms with E-state index in [1.54, 1.807) is 21.3 Å². The predicted octanol–water partition coefficient (Wildman–Crippen LogP) is 4.56. The van der Waals surface area contributed by atoms with Crippen LogP contribution in [0.3, 0.4) is 0 Å². The molecule has 5 rings (SSSR count). The van der Waals surface area contributed by atoms with E-state index in [1.165, 1.54) is 18.2 Å². The summed E-state index contributed by atoms with van der Waals surface area (Å²) < 4.78 is 36.6. The second-order valence-corrected chi connectivity index (χ2v) is 10.1. The van der Waals surface area contributed by atoms with Crippen LogP contribution in [0.5, 0.6) is 0 Å². The highest BCUT2D eigenvalue weighted by atomic mass is 35.5. The molecule has 2 aliphatic heterocycles. The highest BCUT2D eigenvalue weighted by molar-refractivity contribution is 6.31. The lowest BCUT2D eigenvalue weighted by Crippen LogP contribution is -2.40. The smallest absolute Gasteiger partial charge is 0.329 e. The van der Waals surface area contributed by atoms with Crippen LogP contribution in [0.15, 0.2) is 35.1 Å². The van der Waals surface area contributed by atoms with Gasteiger partial charge < -0.3 is 4.74 Å². The Labute approximate surface area is 212 Å². The van der Waals surface area contributed by atoms with Crippen molar-refractivity contribution in [3.05, 3.63) is 68.1 Å². The molecule has 0 aliphatic carbocycles. The molecule has 0 unspecified atom stereocenters. The molecular weight excluding hydrogens is 497 g/mol. The Morgan fingerprint density at radius 1 is 0.886 bits per heavy atom. The molecule has 0 bridgehead atoms. The minimum atomic E-state index is -0.526. The predicted molar refractivity (Wildman–Crippen MR) is 133 cm³/mol. The van der Waals surface area contributed by atoms with E-state index in [0.717, 1.165) is 44.6 Å². The monoisotopic (exact) mass is 524 g/mol. The molecule has 0 atom stereocenters. The van der Waals surface area contributed by atoms with Gasteiger partial charge in [-0.1, -0.05) is 29.3 Å². The first kappa shape index (κ1) is 24.7. The quantitative estimate of drug-likeness (QED) is 0.474. The van der Waals surface area contributed by atoms with Crippen LogP contribution in [-0.2, 0) is 17.8 Å². The van der Waals surface area contributed by atoms with E-state index in [0.29, 0.717) is 48.9 Å². The normalized spacial score (nSPS) is 18.5. The van der Waals surface area contributed by atoms with Crippen LogP contribution in [0.1, 0.15) is 24.4 Å². The molecular formula is C25H28Cl2F2N4O2. The molecule has 2 saturated heterocycles. The molecule has 0 spiro atoms. The number of nitrogens with zero attached hydrogens (tertiary/aromatic N) is 4. The number of hydrogen-bond acceptors (Lipinski definition) is 4. The average molecular weight is 525 g/mol. The molecule has 188 valence electrons. The number of fused-ring (bicyclic) bond motifs is 1. The van der Waals surface area contributed by atoms with Crippen molar-refractivity contribution in [1.29, 1.82) is 0 Å². The first-order chi connectivity index (χ1) is 16.9. The van der Waals surface area contributed by atoms with Crippen molar-refractivity contribution in [1.82, 2.24) is 18.9 Å². The molecule has 35 heavy (non-hydrogen) atoms. The molecule has 6 nitrogen and oxygen atoms in total. The lowest BCUT2D eigenvalue weighted by molar-refractivity contribution is 0.0364.